The van der Waals surface area contributed by atoms with E-state index in [9.17, 15) is 14.4 Å². The Morgan fingerprint density at radius 3 is 2.60 bits per heavy atom. The molecule has 30 heavy (non-hydrogen) atoms. The summed E-state index contributed by atoms with van der Waals surface area (Å²) in [4.78, 5) is 2.29. The minimum atomic E-state index is -2.90. The highest BCUT2D eigenvalue weighted by Crippen LogP contribution is 2.54. The number of hydrogen-bond donors (Lipinski definition) is 2. The van der Waals surface area contributed by atoms with Crippen molar-refractivity contribution >= 4 is 28.2 Å². The fourth-order valence-corrected chi connectivity index (χ4v) is 6.24. The molecule has 0 unspecified atom stereocenters. The lowest BCUT2D eigenvalue weighted by Crippen LogP contribution is -2.62. The summed E-state index contributed by atoms with van der Waals surface area (Å²) >= 11 is 5.96. The van der Waals surface area contributed by atoms with Gasteiger partial charge in [-0.2, -0.15) is 5.26 Å². The van der Waals surface area contributed by atoms with E-state index in [4.69, 9.17) is 16.3 Å². The van der Waals surface area contributed by atoms with Crippen molar-refractivity contribution in [1.82, 2.24) is 4.90 Å². The van der Waals surface area contributed by atoms with Crippen LogP contribution >= 0.6 is 22.4 Å². The largest absolute Gasteiger partial charge is 0.456 e. The Hall–Kier alpha value is -2.24. The highest BCUT2D eigenvalue weighted by atomic mass is 35.5. The van der Waals surface area contributed by atoms with Gasteiger partial charge in [0.2, 0.25) is 0 Å². The maximum absolute atomic E-state index is 10.2. The van der Waals surface area contributed by atoms with Gasteiger partial charge in [-0.3, -0.25) is 9.11 Å². The monoisotopic (exact) mass is 443 g/mol. The van der Waals surface area contributed by atoms with Crippen LogP contribution in [0.1, 0.15) is 36.8 Å². The van der Waals surface area contributed by atoms with Crippen molar-refractivity contribution in [2.75, 3.05) is 12.3 Å². The van der Waals surface area contributed by atoms with Crippen LogP contribution in [0.5, 0.6) is 11.5 Å². The highest BCUT2D eigenvalue weighted by Gasteiger charge is 2.52. The third-order valence-electron chi connectivity index (χ3n) is 6.49. The van der Waals surface area contributed by atoms with Gasteiger partial charge in [0.25, 0.3) is 0 Å². The van der Waals surface area contributed by atoms with Gasteiger partial charge in [0.1, 0.15) is 23.4 Å². The molecule has 3 heterocycles. The molecule has 2 bridgehead atoms. The van der Waals surface area contributed by atoms with Gasteiger partial charge in [-0.05, 0) is 61.6 Å². The van der Waals surface area contributed by atoms with Crippen molar-refractivity contribution in [3.05, 3.63) is 58.6 Å². The number of fused-ring (bicyclic) bond motifs is 2. The fraction of sp³-hybridized carbons (Fsp3) is 0.364. The molecule has 8 heteroatoms. The molecule has 2 aromatic carbocycles. The van der Waals surface area contributed by atoms with Crippen LogP contribution in [0, 0.1) is 11.3 Å². The van der Waals surface area contributed by atoms with Gasteiger partial charge >= 0.3 is 0 Å². The number of benzene rings is 2. The average molecular weight is 444 g/mol. The Bertz CT molecular complexity index is 1060. The molecule has 2 saturated heterocycles. The Balaban J connectivity index is 1.47. The number of hydrogen-bond acceptors (Lipinski definition) is 6. The quantitative estimate of drug-likeness (QED) is 0.646. The Kier molecular flexibility index (Phi) is 4.71. The van der Waals surface area contributed by atoms with E-state index in [1.807, 2.05) is 24.3 Å². The van der Waals surface area contributed by atoms with Gasteiger partial charge in [-0.25, -0.2) is 0 Å². The van der Waals surface area contributed by atoms with Crippen molar-refractivity contribution in [3.8, 4) is 17.6 Å². The van der Waals surface area contributed by atoms with Crippen molar-refractivity contribution < 1.29 is 13.8 Å². The zero-order valence-corrected chi connectivity index (χ0v) is 17.9. The molecule has 2 N–H and O–H groups in total. The van der Waals surface area contributed by atoms with Gasteiger partial charge in [-0.1, -0.05) is 34.5 Å². The first-order valence-electron chi connectivity index (χ1n) is 10.0. The van der Waals surface area contributed by atoms with E-state index in [0.29, 0.717) is 40.4 Å². The summed E-state index contributed by atoms with van der Waals surface area (Å²) in [5.74, 6) is 2.25. The maximum Gasteiger partial charge on any atom is 0.145 e. The van der Waals surface area contributed by atoms with Crippen LogP contribution in [0.15, 0.2) is 46.9 Å². The van der Waals surface area contributed by atoms with E-state index in [2.05, 4.69) is 15.4 Å². The van der Waals surface area contributed by atoms with E-state index >= 15 is 0 Å². The van der Waals surface area contributed by atoms with Crippen molar-refractivity contribution in [2.24, 2.45) is 4.40 Å². The number of nitrogens with zero attached hydrogens (tertiary/aromatic N) is 3. The van der Waals surface area contributed by atoms with E-state index in [1.165, 1.54) is 0 Å². The van der Waals surface area contributed by atoms with Crippen LogP contribution in [-0.4, -0.2) is 38.2 Å². The molecule has 0 spiro atoms. The molecule has 2 aromatic rings. The van der Waals surface area contributed by atoms with E-state index in [0.717, 1.165) is 37.1 Å². The molecule has 1 aliphatic carbocycles. The highest BCUT2D eigenvalue weighted by molar-refractivity contribution is 8.23. The standard InChI is InChI=1S/C22H22ClN3O3S/c23-17-3-6-20(15(13-17)14-24)29-19-4-1-16(2-5-19)22-9-7-18(8-10-22)26-11-12-30(27,28)25-21(22)26/h1-6,13,18,27-28H,7-12H2. The predicted octanol–water partition coefficient (Wildman–Crippen LogP) is 5.58. The van der Waals surface area contributed by atoms with E-state index < -0.39 is 10.8 Å². The van der Waals surface area contributed by atoms with Gasteiger partial charge in [0, 0.05) is 17.6 Å². The fourth-order valence-electron chi connectivity index (χ4n) is 4.98. The van der Waals surface area contributed by atoms with Crippen LogP contribution in [0.4, 0.5) is 0 Å². The zero-order chi connectivity index (χ0) is 20.9. The molecule has 4 aliphatic rings. The summed E-state index contributed by atoms with van der Waals surface area (Å²) in [6, 6.07) is 15.4. The average Bonchev–Trinajstić information content (AvgIpc) is 2.75. The first-order valence-corrected chi connectivity index (χ1v) is 12.1. The SMILES string of the molecule is N#Cc1cc(Cl)ccc1Oc1ccc(C23CCC(CC2)N2CCS(O)(O)N=C23)cc1. The number of amidine groups is 1. The summed E-state index contributed by atoms with van der Waals surface area (Å²) in [7, 11) is -2.90. The van der Waals surface area contributed by atoms with Crippen molar-refractivity contribution in [3.63, 3.8) is 0 Å². The van der Waals surface area contributed by atoms with E-state index in [-0.39, 0.29) is 5.41 Å². The van der Waals surface area contributed by atoms with Crippen LogP contribution in [0.2, 0.25) is 5.02 Å². The van der Waals surface area contributed by atoms with Crippen LogP contribution in [0.25, 0.3) is 0 Å². The third-order valence-corrected chi connectivity index (χ3v) is 7.92. The smallest absolute Gasteiger partial charge is 0.145 e. The molecule has 6 rings (SSSR count). The second-order valence-corrected chi connectivity index (χ2v) is 10.4. The van der Waals surface area contributed by atoms with Crippen molar-refractivity contribution in [1.29, 1.82) is 5.26 Å². The lowest BCUT2D eigenvalue weighted by molar-refractivity contribution is 0.150. The predicted molar refractivity (Wildman–Crippen MR) is 118 cm³/mol. The first-order chi connectivity index (χ1) is 14.4. The molecule has 0 aromatic heterocycles. The number of rotatable bonds is 3. The molecule has 0 atom stereocenters. The van der Waals surface area contributed by atoms with Crippen LogP contribution < -0.4 is 4.74 Å². The maximum atomic E-state index is 10.2. The van der Waals surface area contributed by atoms with Gasteiger partial charge in [-0.15, -0.1) is 4.40 Å². The molecule has 3 aliphatic heterocycles. The number of halogens is 1. The topological polar surface area (TPSA) is 89.1 Å². The van der Waals surface area contributed by atoms with Gasteiger partial charge in [0.15, 0.2) is 0 Å². The van der Waals surface area contributed by atoms with E-state index in [1.54, 1.807) is 18.2 Å². The van der Waals surface area contributed by atoms with Gasteiger partial charge < -0.3 is 9.64 Å². The molecule has 1 saturated carbocycles. The summed E-state index contributed by atoms with van der Waals surface area (Å²) < 4.78 is 30.9. The normalized spacial score (nSPS) is 27.6. The van der Waals surface area contributed by atoms with Gasteiger partial charge in [0.05, 0.1) is 16.7 Å². The number of piperidine rings is 2. The Morgan fingerprint density at radius 2 is 1.90 bits per heavy atom. The molecule has 3 fully saturated rings. The lowest BCUT2D eigenvalue weighted by Gasteiger charge is -2.57. The minimum Gasteiger partial charge on any atom is -0.456 e. The third kappa shape index (κ3) is 3.25. The molecular weight excluding hydrogens is 422 g/mol. The second-order valence-electron chi connectivity index (χ2n) is 8.14. The minimum absolute atomic E-state index is 0.282. The van der Waals surface area contributed by atoms with Crippen LogP contribution in [-0.2, 0) is 5.41 Å². The summed E-state index contributed by atoms with van der Waals surface area (Å²) in [6.07, 6.45) is 4.09. The molecule has 6 nitrogen and oxygen atoms in total. The Morgan fingerprint density at radius 1 is 1.17 bits per heavy atom. The lowest BCUT2D eigenvalue weighted by atomic mass is 9.63. The Labute approximate surface area is 182 Å². The zero-order valence-electron chi connectivity index (χ0n) is 16.3. The summed E-state index contributed by atoms with van der Waals surface area (Å²) in [5, 5.41) is 9.80. The summed E-state index contributed by atoms with van der Waals surface area (Å²) in [6.45, 7) is 0.655. The number of ether oxygens (including phenoxy) is 1. The second kappa shape index (κ2) is 7.17. The summed E-state index contributed by atoms with van der Waals surface area (Å²) in [5.41, 5.74) is 1.22. The number of nitriles is 1. The molecule has 156 valence electrons. The molecular formula is C22H22ClN3O3S. The molecule has 0 amide bonds. The first kappa shape index (κ1) is 19.7. The van der Waals surface area contributed by atoms with Crippen molar-refractivity contribution in [2.45, 2.75) is 37.1 Å². The molecule has 0 radical (unpaired) electrons. The van der Waals surface area contributed by atoms with Crippen LogP contribution in [0.3, 0.4) is 0 Å².